The second kappa shape index (κ2) is 5.02. The van der Waals surface area contributed by atoms with Crippen LogP contribution in [0.3, 0.4) is 0 Å². The third-order valence-corrected chi connectivity index (χ3v) is 2.98. The average Bonchev–Trinajstić information content (AvgIpc) is 2.85. The molecule has 2 N–H and O–H groups in total. The van der Waals surface area contributed by atoms with E-state index in [1.54, 1.807) is 0 Å². The molecule has 102 valence electrons. The predicted octanol–water partition coefficient (Wildman–Crippen LogP) is 0.825. The van der Waals surface area contributed by atoms with Crippen molar-refractivity contribution >= 4 is 0 Å². The minimum absolute atomic E-state index is 0.245. The minimum atomic E-state index is -2.00. The van der Waals surface area contributed by atoms with Crippen LogP contribution in [0.25, 0.3) is 0 Å². The molecule has 0 radical (unpaired) electrons. The van der Waals surface area contributed by atoms with Crippen LogP contribution in [0.5, 0.6) is 0 Å². The maximum atomic E-state index is 13.8. The Kier molecular flexibility index (Phi) is 3.59. The van der Waals surface area contributed by atoms with E-state index in [4.69, 9.17) is 0 Å². The fraction of sp³-hybridized carbons (Fsp3) is 0.333. The molecule has 0 saturated carbocycles. The molecule has 2 atom stereocenters. The predicted molar refractivity (Wildman–Crippen MR) is 62.0 cm³/mol. The molecule has 0 aliphatic rings. The molecule has 0 aliphatic heterocycles. The molecule has 0 aliphatic carbocycles. The van der Waals surface area contributed by atoms with Gasteiger partial charge in [-0.3, -0.25) is 0 Å². The molecule has 2 aromatic rings. The first-order valence-corrected chi connectivity index (χ1v) is 5.62. The van der Waals surface area contributed by atoms with Crippen LogP contribution >= 0.6 is 0 Å². The molecular formula is C12H13F2N3O2. The van der Waals surface area contributed by atoms with Crippen LogP contribution in [0, 0.1) is 11.6 Å². The lowest BCUT2D eigenvalue weighted by Crippen LogP contribution is -2.42. The van der Waals surface area contributed by atoms with E-state index >= 15 is 0 Å². The van der Waals surface area contributed by atoms with E-state index in [1.807, 2.05) is 0 Å². The number of benzene rings is 1. The molecule has 1 aromatic heterocycles. The van der Waals surface area contributed by atoms with Crippen molar-refractivity contribution in [1.82, 2.24) is 14.8 Å². The maximum absolute atomic E-state index is 13.8. The largest absolute Gasteiger partial charge is 0.390 e. The zero-order valence-electron chi connectivity index (χ0n) is 10.2. The van der Waals surface area contributed by atoms with Crippen LogP contribution in [0.1, 0.15) is 12.5 Å². The quantitative estimate of drug-likeness (QED) is 0.862. The van der Waals surface area contributed by atoms with Crippen LogP contribution in [0.15, 0.2) is 30.9 Å². The molecule has 1 heterocycles. The average molecular weight is 269 g/mol. The van der Waals surface area contributed by atoms with Gasteiger partial charge in [0.25, 0.3) is 0 Å². The summed E-state index contributed by atoms with van der Waals surface area (Å²) < 4.78 is 28.3. The normalized spacial score (nSPS) is 16.1. The van der Waals surface area contributed by atoms with Gasteiger partial charge in [-0.05, 0) is 13.0 Å². The van der Waals surface area contributed by atoms with E-state index in [0.717, 1.165) is 6.07 Å². The molecule has 0 saturated heterocycles. The molecule has 0 unspecified atom stereocenters. The van der Waals surface area contributed by atoms with E-state index in [2.05, 4.69) is 10.1 Å². The lowest BCUT2D eigenvalue weighted by Gasteiger charge is -2.31. The lowest BCUT2D eigenvalue weighted by atomic mass is 9.88. The van der Waals surface area contributed by atoms with Crippen molar-refractivity contribution in [2.45, 2.75) is 25.2 Å². The van der Waals surface area contributed by atoms with Crippen molar-refractivity contribution in [3.05, 3.63) is 48.1 Å². The Morgan fingerprint density at radius 3 is 2.74 bits per heavy atom. The monoisotopic (exact) mass is 269 g/mol. The third-order valence-electron chi connectivity index (χ3n) is 2.98. The lowest BCUT2D eigenvalue weighted by molar-refractivity contribution is -0.0876. The third kappa shape index (κ3) is 2.47. The number of halogens is 2. The van der Waals surface area contributed by atoms with Gasteiger partial charge in [0, 0.05) is 5.56 Å². The van der Waals surface area contributed by atoms with Gasteiger partial charge in [-0.1, -0.05) is 12.1 Å². The van der Waals surface area contributed by atoms with E-state index in [0.29, 0.717) is 0 Å². The van der Waals surface area contributed by atoms with Gasteiger partial charge in [0.05, 0.1) is 12.6 Å². The van der Waals surface area contributed by atoms with E-state index in [-0.39, 0.29) is 12.1 Å². The van der Waals surface area contributed by atoms with Crippen LogP contribution in [0.4, 0.5) is 8.78 Å². The van der Waals surface area contributed by atoms with Crippen LogP contribution in [0.2, 0.25) is 0 Å². The Bertz CT molecular complexity index is 560. The van der Waals surface area contributed by atoms with Crippen molar-refractivity contribution in [2.24, 2.45) is 0 Å². The second-order valence-electron chi connectivity index (χ2n) is 4.29. The van der Waals surface area contributed by atoms with Crippen LogP contribution < -0.4 is 0 Å². The Morgan fingerprint density at radius 1 is 1.42 bits per heavy atom. The molecule has 1 aromatic carbocycles. The molecule has 0 amide bonds. The highest BCUT2D eigenvalue weighted by Gasteiger charge is 2.38. The number of aliphatic hydroxyl groups is 2. The fourth-order valence-electron chi connectivity index (χ4n) is 1.84. The summed E-state index contributed by atoms with van der Waals surface area (Å²) in [5, 5.41) is 24.0. The molecule has 0 fully saturated rings. The van der Waals surface area contributed by atoms with Gasteiger partial charge in [-0.15, -0.1) is 0 Å². The smallest absolute Gasteiger partial charge is 0.165 e. The zero-order valence-corrected chi connectivity index (χ0v) is 10.2. The summed E-state index contributed by atoms with van der Waals surface area (Å²) in [6.07, 6.45) is 1.22. The number of hydrogen-bond acceptors (Lipinski definition) is 4. The summed E-state index contributed by atoms with van der Waals surface area (Å²) in [5.41, 5.74) is -2.32. The topological polar surface area (TPSA) is 71.2 Å². The van der Waals surface area contributed by atoms with E-state index in [9.17, 15) is 19.0 Å². The summed E-state index contributed by atoms with van der Waals surface area (Å²) >= 11 is 0. The van der Waals surface area contributed by atoms with Gasteiger partial charge >= 0.3 is 0 Å². The van der Waals surface area contributed by atoms with Crippen molar-refractivity contribution in [1.29, 1.82) is 0 Å². The van der Waals surface area contributed by atoms with Gasteiger partial charge in [0.2, 0.25) is 0 Å². The molecule has 19 heavy (non-hydrogen) atoms. The number of nitrogens with zero attached hydrogens (tertiary/aromatic N) is 3. The van der Waals surface area contributed by atoms with Gasteiger partial charge in [0.15, 0.2) is 11.6 Å². The molecule has 7 heteroatoms. The Labute approximate surface area is 108 Å². The molecule has 0 spiro atoms. The van der Waals surface area contributed by atoms with E-state index in [1.165, 1.54) is 36.4 Å². The highest BCUT2D eigenvalue weighted by atomic mass is 19.2. The Balaban J connectivity index is 2.47. The van der Waals surface area contributed by atoms with Gasteiger partial charge in [0.1, 0.15) is 18.3 Å². The summed E-state index contributed by atoms with van der Waals surface area (Å²) in [4.78, 5) is 3.69. The summed E-state index contributed by atoms with van der Waals surface area (Å²) in [6, 6.07) is 3.43. The Morgan fingerprint density at radius 2 is 2.16 bits per heavy atom. The first kappa shape index (κ1) is 13.6. The van der Waals surface area contributed by atoms with Crippen molar-refractivity contribution in [2.75, 3.05) is 0 Å². The van der Waals surface area contributed by atoms with Gasteiger partial charge in [-0.25, -0.2) is 18.4 Å². The first-order valence-electron chi connectivity index (χ1n) is 5.62. The molecule has 2 rings (SSSR count). The van der Waals surface area contributed by atoms with Gasteiger partial charge in [-0.2, -0.15) is 5.10 Å². The van der Waals surface area contributed by atoms with Crippen LogP contribution in [-0.4, -0.2) is 31.1 Å². The first-order chi connectivity index (χ1) is 8.95. The standard InChI is InChI=1S/C12H13F2N3O2/c1-8(18)12(19,5-17-7-15-6-16-17)9-3-2-4-10(13)11(9)14/h2-4,6-8,18-19H,5H2,1H3/t8-,12-/m1/s1. The SMILES string of the molecule is C[C@@H](O)[C@](O)(Cn1cncn1)c1cccc(F)c1F. The summed E-state index contributed by atoms with van der Waals surface area (Å²) in [5.74, 6) is -2.28. The number of aliphatic hydroxyl groups excluding tert-OH is 1. The molecule has 0 bridgehead atoms. The van der Waals surface area contributed by atoms with Crippen molar-refractivity contribution in [3.63, 3.8) is 0 Å². The highest BCUT2D eigenvalue weighted by Crippen LogP contribution is 2.30. The number of hydrogen-bond donors (Lipinski definition) is 2. The molecule has 5 nitrogen and oxygen atoms in total. The second-order valence-corrected chi connectivity index (χ2v) is 4.29. The fourth-order valence-corrected chi connectivity index (χ4v) is 1.84. The van der Waals surface area contributed by atoms with Crippen molar-refractivity contribution in [3.8, 4) is 0 Å². The number of rotatable bonds is 4. The Hall–Kier alpha value is -1.86. The molecular weight excluding hydrogens is 256 g/mol. The summed E-state index contributed by atoms with van der Waals surface area (Å²) in [7, 11) is 0. The van der Waals surface area contributed by atoms with Gasteiger partial charge < -0.3 is 10.2 Å². The zero-order chi connectivity index (χ0) is 14.0. The highest BCUT2D eigenvalue weighted by molar-refractivity contribution is 5.26. The minimum Gasteiger partial charge on any atom is -0.390 e. The van der Waals surface area contributed by atoms with E-state index < -0.39 is 23.3 Å². The summed E-state index contributed by atoms with van der Waals surface area (Å²) in [6.45, 7) is 1.05. The number of aromatic nitrogens is 3. The van der Waals surface area contributed by atoms with Crippen molar-refractivity contribution < 1.29 is 19.0 Å². The maximum Gasteiger partial charge on any atom is 0.165 e. The van der Waals surface area contributed by atoms with Crippen LogP contribution in [-0.2, 0) is 12.1 Å².